The molecule has 1 aromatic heterocycles. The second-order valence-electron chi connectivity index (χ2n) is 4.48. The van der Waals surface area contributed by atoms with Crippen LogP contribution < -0.4 is 0 Å². The summed E-state index contributed by atoms with van der Waals surface area (Å²) in [5.41, 5.74) is -3.61. The maximum absolute atomic E-state index is 12.8. The van der Waals surface area contributed by atoms with E-state index in [-0.39, 0.29) is 10.7 Å². The van der Waals surface area contributed by atoms with Crippen LogP contribution in [0.2, 0.25) is 0 Å². The summed E-state index contributed by atoms with van der Waals surface area (Å²) in [6.07, 6.45) is -12.4. The molecule has 0 fully saturated rings. The fourth-order valence-electron chi connectivity index (χ4n) is 1.59. The summed E-state index contributed by atoms with van der Waals surface area (Å²) < 4.78 is 104. The van der Waals surface area contributed by atoms with Gasteiger partial charge in [0.25, 0.3) is 6.08 Å². The normalized spacial score (nSPS) is 13.5. The molecule has 4 nitrogen and oxygen atoms in total. The molecule has 12 heteroatoms. The van der Waals surface area contributed by atoms with Gasteiger partial charge in [-0.2, -0.15) is 40.2 Å². The topological polar surface area (TPSA) is 44.1 Å². The van der Waals surface area contributed by atoms with Gasteiger partial charge in [-0.1, -0.05) is 0 Å². The highest BCUT2D eigenvalue weighted by Gasteiger charge is 2.43. The minimum atomic E-state index is -5.19. The fraction of sp³-hybridized carbons (Fsp3) is 0.500. The van der Waals surface area contributed by atoms with E-state index in [4.69, 9.17) is 0 Å². The van der Waals surface area contributed by atoms with Crippen molar-refractivity contribution < 1.29 is 44.7 Å². The Labute approximate surface area is 129 Å². The standard InChI is InChI=1S/C12H10F8N2O2/c1-6(10(23)24-4-2-3-9(13)14)22-8(12(18,19)20)5-7(21-22)11(15,16)17/h3,5-6H,2,4H2,1H3. The number of ether oxygens (including phenoxy) is 1. The largest absolute Gasteiger partial charge is 0.464 e. The first-order valence-electron chi connectivity index (χ1n) is 6.25. The van der Waals surface area contributed by atoms with E-state index < -0.39 is 54.9 Å². The zero-order chi connectivity index (χ0) is 18.7. The van der Waals surface area contributed by atoms with Crippen LogP contribution in [-0.2, 0) is 21.9 Å². The number of rotatable bonds is 5. The average Bonchev–Trinajstić information content (AvgIpc) is 2.87. The average molecular weight is 366 g/mol. The Morgan fingerprint density at radius 1 is 1.25 bits per heavy atom. The Hall–Kier alpha value is -2.14. The molecule has 0 amide bonds. The SMILES string of the molecule is CC(C(=O)OCCC=C(F)F)n1nc(C(F)(F)F)cc1C(F)(F)F. The minimum Gasteiger partial charge on any atom is -0.464 e. The highest BCUT2D eigenvalue weighted by atomic mass is 19.4. The van der Waals surface area contributed by atoms with E-state index in [1.165, 1.54) is 0 Å². The van der Waals surface area contributed by atoms with Crippen LogP contribution in [0.5, 0.6) is 0 Å². The molecule has 1 aromatic rings. The molecule has 0 saturated heterocycles. The molecule has 0 radical (unpaired) electrons. The second-order valence-corrected chi connectivity index (χ2v) is 4.48. The third-order valence-electron chi connectivity index (χ3n) is 2.69. The van der Waals surface area contributed by atoms with Gasteiger partial charge in [-0.25, -0.2) is 9.48 Å². The second kappa shape index (κ2) is 7.18. The first kappa shape index (κ1) is 19.9. The Morgan fingerprint density at radius 2 is 1.83 bits per heavy atom. The molecule has 0 aliphatic heterocycles. The predicted molar refractivity (Wildman–Crippen MR) is 62.8 cm³/mol. The molecule has 0 bridgehead atoms. The van der Waals surface area contributed by atoms with E-state index in [0.29, 0.717) is 6.08 Å². The number of esters is 1. The van der Waals surface area contributed by atoms with E-state index in [2.05, 4.69) is 9.84 Å². The van der Waals surface area contributed by atoms with Crippen molar-refractivity contribution in [1.29, 1.82) is 0 Å². The van der Waals surface area contributed by atoms with E-state index in [1.54, 1.807) is 0 Å². The molecule has 1 unspecified atom stereocenters. The monoisotopic (exact) mass is 366 g/mol. The van der Waals surface area contributed by atoms with Gasteiger partial charge in [-0.15, -0.1) is 0 Å². The van der Waals surface area contributed by atoms with Gasteiger partial charge >= 0.3 is 18.3 Å². The van der Waals surface area contributed by atoms with E-state index in [0.717, 1.165) is 6.92 Å². The highest BCUT2D eigenvalue weighted by molar-refractivity contribution is 5.73. The van der Waals surface area contributed by atoms with Gasteiger partial charge < -0.3 is 4.74 Å². The summed E-state index contributed by atoms with van der Waals surface area (Å²) in [6, 6.07) is -2.07. The summed E-state index contributed by atoms with van der Waals surface area (Å²) in [4.78, 5) is 11.6. The first-order chi connectivity index (χ1) is 10.8. The van der Waals surface area contributed by atoms with Crippen LogP contribution in [0.4, 0.5) is 35.1 Å². The lowest BCUT2D eigenvalue weighted by molar-refractivity contribution is -0.153. The van der Waals surface area contributed by atoms with Crippen LogP contribution in [0.25, 0.3) is 0 Å². The van der Waals surface area contributed by atoms with Crippen molar-refractivity contribution in [1.82, 2.24) is 9.78 Å². The molecule has 0 N–H and O–H groups in total. The number of aromatic nitrogens is 2. The van der Waals surface area contributed by atoms with Gasteiger partial charge in [-0.05, 0) is 13.0 Å². The lowest BCUT2D eigenvalue weighted by Crippen LogP contribution is -2.25. The van der Waals surface area contributed by atoms with Gasteiger partial charge in [0.15, 0.2) is 5.69 Å². The van der Waals surface area contributed by atoms with Crippen LogP contribution in [0.15, 0.2) is 18.2 Å². The van der Waals surface area contributed by atoms with Crippen LogP contribution in [0, 0.1) is 0 Å². The third kappa shape index (κ3) is 5.20. The van der Waals surface area contributed by atoms with Gasteiger partial charge in [0.2, 0.25) is 0 Å². The summed E-state index contributed by atoms with van der Waals surface area (Å²) in [5.74, 6) is -1.34. The molecular weight excluding hydrogens is 356 g/mol. The van der Waals surface area contributed by atoms with Crippen molar-refractivity contribution in [3.8, 4) is 0 Å². The smallest absolute Gasteiger partial charge is 0.435 e. The van der Waals surface area contributed by atoms with Crippen LogP contribution >= 0.6 is 0 Å². The summed E-state index contributed by atoms with van der Waals surface area (Å²) in [5, 5.41) is 2.76. The summed E-state index contributed by atoms with van der Waals surface area (Å²) >= 11 is 0. The molecule has 136 valence electrons. The number of hydrogen-bond acceptors (Lipinski definition) is 3. The van der Waals surface area contributed by atoms with E-state index >= 15 is 0 Å². The maximum atomic E-state index is 12.8. The summed E-state index contributed by atoms with van der Waals surface area (Å²) in [7, 11) is 0. The lowest BCUT2D eigenvalue weighted by Gasteiger charge is -2.16. The van der Waals surface area contributed by atoms with Crippen molar-refractivity contribution >= 4 is 5.97 Å². The molecule has 1 rings (SSSR count). The van der Waals surface area contributed by atoms with Gasteiger partial charge in [0.05, 0.1) is 6.61 Å². The number of nitrogens with zero attached hydrogens (tertiary/aromatic N) is 2. The Morgan fingerprint density at radius 3 is 2.29 bits per heavy atom. The van der Waals surface area contributed by atoms with E-state index in [9.17, 15) is 39.9 Å². The van der Waals surface area contributed by atoms with Crippen LogP contribution in [0.1, 0.15) is 30.8 Å². The molecule has 24 heavy (non-hydrogen) atoms. The molecule has 0 aliphatic rings. The van der Waals surface area contributed by atoms with Gasteiger partial charge in [0, 0.05) is 12.5 Å². The molecule has 1 heterocycles. The highest BCUT2D eigenvalue weighted by Crippen LogP contribution is 2.36. The van der Waals surface area contributed by atoms with Crippen LogP contribution in [0.3, 0.4) is 0 Å². The quantitative estimate of drug-likeness (QED) is 0.446. The maximum Gasteiger partial charge on any atom is 0.435 e. The molecule has 1 atom stereocenters. The number of halogens is 8. The molecule has 0 saturated carbocycles. The van der Waals surface area contributed by atoms with Crippen molar-refractivity contribution in [3.05, 3.63) is 29.6 Å². The van der Waals surface area contributed by atoms with Gasteiger partial charge in [-0.3, -0.25) is 0 Å². The summed E-state index contributed by atoms with van der Waals surface area (Å²) in [6.45, 7) is 0.269. The van der Waals surface area contributed by atoms with Crippen LogP contribution in [-0.4, -0.2) is 22.4 Å². The number of carbonyl (C=O) groups is 1. The Balaban J connectivity index is 3.00. The van der Waals surface area contributed by atoms with Gasteiger partial charge in [0.1, 0.15) is 11.7 Å². The van der Waals surface area contributed by atoms with Crippen molar-refractivity contribution in [2.24, 2.45) is 0 Å². The van der Waals surface area contributed by atoms with Crippen molar-refractivity contribution in [3.63, 3.8) is 0 Å². The zero-order valence-electron chi connectivity index (χ0n) is 11.9. The zero-order valence-corrected chi connectivity index (χ0v) is 11.9. The molecule has 0 aromatic carbocycles. The lowest BCUT2D eigenvalue weighted by atomic mass is 10.3. The number of carbonyl (C=O) groups excluding carboxylic acids is 1. The minimum absolute atomic E-state index is 0.156. The molecule has 0 spiro atoms. The van der Waals surface area contributed by atoms with E-state index in [1.807, 2.05) is 0 Å². The molecular formula is C12H10F8N2O2. The number of alkyl halides is 6. The first-order valence-corrected chi connectivity index (χ1v) is 6.25. The Kier molecular flexibility index (Phi) is 5.95. The van der Waals surface area contributed by atoms with Crippen molar-refractivity contribution in [2.75, 3.05) is 6.61 Å². The Bertz CT molecular complexity index is 614. The number of hydrogen-bond donors (Lipinski definition) is 0. The fourth-order valence-corrected chi connectivity index (χ4v) is 1.59. The predicted octanol–water partition coefficient (Wildman–Crippen LogP) is 4.20. The third-order valence-corrected chi connectivity index (χ3v) is 2.69. The van der Waals surface area contributed by atoms with Crippen molar-refractivity contribution in [2.45, 2.75) is 31.7 Å². The molecule has 0 aliphatic carbocycles.